The molecule has 0 radical (unpaired) electrons. The number of likely N-dealkylation sites (tertiary alicyclic amines) is 1. The molecule has 0 saturated carbocycles. The number of halogens is 3. The molecule has 35 heavy (non-hydrogen) atoms. The molecule has 2 fully saturated rings. The van der Waals surface area contributed by atoms with Gasteiger partial charge in [-0.2, -0.15) is 13.2 Å². The number of amides is 2. The molecule has 7 nitrogen and oxygen atoms in total. The van der Waals surface area contributed by atoms with Crippen molar-refractivity contribution < 1.29 is 22.8 Å². The lowest BCUT2D eigenvalue weighted by atomic mass is 10.0. The molecule has 2 saturated heterocycles. The van der Waals surface area contributed by atoms with Crippen LogP contribution in [0.4, 0.5) is 13.2 Å². The van der Waals surface area contributed by atoms with Gasteiger partial charge in [0.1, 0.15) is 0 Å². The minimum absolute atomic E-state index is 0.00675. The third kappa shape index (κ3) is 6.72. The van der Waals surface area contributed by atoms with Gasteiger partial charge in [0.25, 0.3) is 0 Å². The zero-order valence-corrected chi connectivity index (χ0v) is 19.5. The van der Waals surface area contributed by atoms with E-state index in [9.17, 15) is 22.8 Å². The molecular formula is C25H30F3N5O2. The second-order valence-electron chi connectivity index (χ2n) is 9.01. The van der Waals surface area contributed by atoms with Crippen molar-refractivity contribution in [2.45, 2.75) is 37.9 Å². The highest BCUT2D eigenvalue weighted by molar-refractivity contribution is 5.91. The first-order valence-corrected chi connectivity index (χ1v) is 11.9. The Balaban J connectivity index is 1.16. The largest absolute Gasteiger partial charge is 0.416 e. The number of aromatic nitrogens is 2. The fourth-order valence-corrected chi connectivity index (χ4v) is 4.68. The minimum Gasteiger partial charge on any atom is -0.345 e. The van der Waals surface area contributed by atoms with Crippen LogP contribution in [-0.4, -0.2) is 81.8 Å². The summed E-state index contributed by atoms with van der Waals surface area (Å²) in [5, 5.41) is 0. The molecule has 2 amide bonds. The first-order chi connectivity index (χ1) is 16.8. The van der Waals surface area contributed by atoms with Crippen LogP contribution >= 0.6 is 0 Å². The summed E-state index contributed by atoms with van der Waals surface area (Å²) in [6.45, 7) is 4.36. The predicted octanol–water partition coefficient (Wildman–Crippen LogP) is 3.21. The molecule has 188 valence electrons. The van der Waals surface area contributed by atoms with Crippen molar-refractivity contribution in [2.75, 3.05) is 39.3 Å². The molecule has 2 aromatic rings. The van der Waals surface area contributed by atoms with Gasteiger partial charge in [-0.3, -0.25) is 14.5 Å². The van der Waals surface area contributed by atoms with Crippen LogP contribution in [0.15, 0.2) is 42.9 Å². The van der Waals surface area contributed by atoms with Crippen LogP contribution in [0.5, 0.6) is 0 Å². The van der Waals surface area contributed by atoms with Crippen molar-refractivity contribution in [3.05, 3.63) is 59.7 Å². The Morgan fingerprint density at radius 3 is 2.29 bits per heavy atom. The van der Waals surface area contributed by atoms with Crippen molar-refractivity contribution in [1.29, 1.82) is 0 Å². The second-order valence-corrected chi connectivity index (χ2v) is 9.01. The first-order valence-electron chi connectivity index (χ1n) is 11.9. The average molecular weight is 490 g/mol. The maximum atomic E-state index is 12.7. The summed E-state index contributed by atoms with van der Waals surface area (Å²) in [4.78, 5) is 38.0. The number of hydrogen-bond acceptors (Lipinski definition) is 4. The van der Waals surface area contributed by atoms with Crippen LogP contribution in [0.3, 0.4) is 0 Å². The van der Waals surface area contributed by atoms with E-state index < -0.39 is 11.7 Å². The average Bonchev–Trinajstić information content (AvgIpc) is 3.39. The molecule has 0 aliphatic carbocycles. The van der Waals surface area contributed by atoms with Crippen LogP contribution < -0.4 is 0 Å². The van der Waals surface area contributed by atoms with Crippen LogP contribution in [0, 0.1) is 0 Å². The standard InChI is InChI=1S/C25H30F3N5O2/c26-25(27,28)20-4-1-19(2-5-20)3-7-23(34)32-11-9-22(10-12-32)31-13-15-33(16-14-31)24(35)8-6-21-17-29-18-30-21/h1-2,4-6,8,17-18,22H,3,7,9-16H2,(H,29,30). The number of hydrogen-bond donors (Lipinski definition) is 1. The summed E-state index contributed by atoms with van der Waals surface area (Å²) in [5.41, 5.74) is 0.844. The predicted molar refractivity (Wildman–Crippen MR) is 125 cm³/mol. The Morgan fingerprint density at radius 1 is 1.00 bits per heavy atom. The van der Waals surface area contributed by atoms with E-state index in [2.05, 4.69) is 14.9 Å². The highest BCUT2D eigenvalue weighted by atomic mass is 19.4. The van der Waals surface area contributed by atoms with Crippen molar-refractivity contribution in [1.82, 2.24) is 24.7 Å². The Kier molecular flexibility index (Phi) is 7.90. The van der Waals surface area contributed by atoms with Crippen molar-refractivity contribution >= 4 is 17.9 Å². The summed E-state index contributed by atoms with van der Waals surface area (Å²) in [6.07, 6.45) is 4.68. The Labute approximate surface area is 202 Å². The van der Waals surface area contributed by atoms with E-state index in [1.165, 1.54) is 12.1 Å². The van der Waals surface area contributed by atoms with E-state index >= 15 is 0 Å². The Hall–Kier alpha value is -3.14. The molecule has 3 heterocycles. The minimum atomic E-state index is -4.35. The number of benzene rings is 1. The van der Waals surface area contributed by atoms with Gasteiger partial charge in [-0.15, -0.1) is 0 Å². The number of aryl methyl sites for hydroxylation is 1. The molecule has 2 aliphatic rings. The van der Waals surface area contributed by atoms with Gasteiger partial charge in [-0.05, 0) is 43.0 Å². The number of carbonyl (C=O) groups excluding carboxylic acids is 2. The zero-order chi connectivity index (χ0) is 24.8. The zero-order valence-electron chi connectivity index (χ0n) is 19.5. The molecule has 0 spiro atoms. The number of nitrogens with zero attached hydrogens (tertiary/aromatic N) is 4. The normalized spacial score (nSPS) is 18.4. The van der Waals surface area contributed by atoms with E-state index in [4.69, 9.17) is 0 Å². The van der Waals surface area contributed by atoms with Crippen LogP contribution in [0.25, 0.3) is 6.08 Å². The van der Waals surface area contributed by atoms with E-state index in [1.54, 1.807) is 24.7 Å². The topological polar surface area (TPSA) is 72.5 Å². The molecule has 2 aliphatic heterocycles. The van der Waals surface area contributed by atoms with Gasteiger partial charge in [0.2, 0.25) is 11.8 Å². The van der Waals surface area contributed by atoms with Gasteiger partial charge in [0.05, 0.1) is 23.8 Å². The quantitative estimate of drug-likeness (QED) is 0.633. The number of H-pyrrole nitrogens is 1. The molecule has 0 bridgehead atoms. The SMILES string of the molecule is O=C(C=Cc1cnc[nH]1)N1CCN(C2CCN(C(=O)CCc3ccc(C(F)(F)F)cc3)CC2)CC1. The van der Waals surface area contributed by atoms with Crippen LogP contribution in [0.2, 0.25) is 0 Å². The van der Waals surface area contributed by atoms with Gasteiger partial charge in [-0.25, -0.2) is 4.98 Å². The monoisotopic (exact) mass is 489 g/mol. The number of piperidine rings is 1. The van der Waals surface area contributed by atoms with E-state index in [1.807, 2.05) is 9.80 Å². The highest BCUT2D eigenvalue weighted by Crippen LogP contribution is 2.29. The first kappa shape index (κ1) is 25.0. The summed E-state index contributed by atoms with van der Waals surface area (Å²) in [6, 6.07) is 5.41. The number of carbonyl (C=O) groups is 2. The van der Waals surface area contributed by atoms with Gasteiger partial charge >= 0.3 is 6.18 Å². The van der Waals surface area contributed by atoms with Gasteiger partial charge < -0.3 is 14.8 Å². The maximum Gasteiger partial charge on any atom is 0.416 e. The molecule has 10 heteroatoms. The fraction of sp³-hybridized carbons (Fsp3) is 0.480. The van der Waals surface area contributed by atoms with Gasteiger partial charge in [0.15, 0.2) is 0 Å². The lowest BCUT2D eigenvalue weighted by Gasteiger charge is -2.42. The third-order valence-electron chi connectivity index (χ3n) is 6.79. The molecule has 4 rings (SSSR count). The van der Waals surface area contributed by atoms with Crippen LogP contribution in [-0.2, 0) is 22.2 Å². The van der Waals surface area contributed by atoms with Crippen molar-refractivity contribution in [3.63, 3.8) is 0 Å². The Morgan fingerprint density at radius 2 is 1.69 bits per heavy atom. The number of imidazole rings is 1. The number of piperazine rings is 1. The van der Waals surface area contributed by atoms with Gasteiger partial charge in [0, 0.05) is 57.8 Å². The molecule has 0 unspecified atom stereocenters. The number of alkyl halides is 3. The Bertz CT molecular complexity index is 1000. The summed E-state index contributed by atoms with van der Waals surface area (Å²) < 4.78 is 38.1. The lowest BCUT2D eigenvalue weighted by Crippen LogP contribution is -2.54. The molecule has 1 aromatic carbocycles. The summed E-state index contributed by atoms with van der Waals surface area (Å²) >= 11 is 0. The van der Waals surface area contributed by atoms with Gasteiger partial charge in [-0.1, -0.05) is 12.1 Å². The lowest BCUT2D eigenvalue weighted by molar-refractivity contribution is -0.137. The van der Waals surface area contributed by atoms with E-state index in [0.29, 0.717) is 45.1 Å². The van der Waals surface area contributed by atoms with Crippen molar-refractivity contribution in [3.8, 4) is 0 Å². The van der Waals surface area contributed by atoms with Crippen molar-refractivity contribution in [2.24, 2.45) is 0 Å². The second kappa shape index (κ2) is 11.1. The fourth-order valence-electron chi connectivity index (χ4n) is 4.68. The van der Waals surface area contributed by atoms with E-state index in [-0.39, 0.29) is 11.8 Å². The molecular weight excluding hydrogens is 459 g/mol. The summed E-state index contributed by atoms with van der Waals surface area (Å²) in [7, 11) is 0. The summed E-state index contributed by atoms with van der Waals surface area (Å²) in [5.74, 6) is 0.0375. The maximum absolute atomic E-state index is 12.7. The number of rotatable bonds is 6. The molecule has 0 atom stereocenters. The molecule has 1 N–H and O–H groups in total. The number of nitrogens with one attached hydrogen (secondary N) is 1. The highest BCUT2D eigenvalue weighted by Gasteiger charge is 2.31. The third-order valence-corrected chi connectivity index (χ3v) is 6.79. The van der Waals surface area contributed by atoms with Crippen LogP contribution in [0.1, 0.15) is 36.1 Å². The molecule has 1 aromatic heterocycles. The van der Waals surface area contributed by atoms with E-state index in [0.717, 1.165) is 49.3 Å². The number of aromatic amines is 1. The smallest absolute Gasteiger partial charge is 0.345 e.